The van der Waals surface area contributed by atoms with Crippen LogP contribution in [0.5, 0.6) is 0 Å². The molecule has 2 bridgehead atoms. The zero-order chi connectivity index (χ0) is 78.1. The standard InChI is InChI=1S/C76H119F5N12O13/c1-14-46(4)63-72(103)86(8)44-61(96)87(9)55-25-17-16-22-36-92(71(55)102)57(39-47-28-26-45(3)27-29-47)69(100)85(7)43-59(94)82-54(33-30-48-37-52(77)62(53(78)38-48)76(79,80)81)67(98)93-42-51(106-15-2)40-58(93)70(101)91(13)75(34-20-21-35-75)74(105)90(12)65(49-23-18-19-24-49)73(104)88(10)56(68(99)84(5)6)41-60(95)89(11)64(50-31-32-50)66(97)83-63/h16-17,45-58,62-65H,14-15,18-44H2,1-13H3,(H,82,94)(H,83,97)/b17-16-/t45?,46-,47?,48?,51+,52?,53?,54-,55-,56-,57-,58-,62?,63-,64-,65-/m0/s1. The monoisotopic (exact) mass is 1500 g/mol. The van der Waals surface area contributed by atoms with Gasteiger partial charge in [-0.3, -0.25) is 57.5 Å². The Labute approximate surface area is 622 Å². The first kappa shape index (κ1) is 84.6. The van der Waals surface area contributed by atoms with Gasteiger partial charge in [-0.05, 0) is 126 Å². The molecule has 12 amide bonds. The van der Waals surface area contributed by atoms with Gasteiger partial charge in [-0.25, -0.2) is 8.78 Å². The predicted molar refractivity (Wildman–Crippen MR) is 383 cm³/mol. The number of fused-ring (bicyclic) bond motifs is 3. The summed E-state index contributed by atoms with van der Waals surface area (Å²) in [7, 11) is 12.9. The molecule has 2 saturated heterocycles. The summed E-state index contributed by atoms with van der Waals surface area (Å²) in [5.74, 6) is -13.0. The molecule has 30 heteroatoms. The number of rotatable bonds is 12. The van der Waals surface area contributed by atoms with Crippen molar-refractivity contribution in [1.82, 2.24) is 59.6 Å². The number of likely N-dealkylation sites (N-methyl/N-ethyl adjacent to an activating group) is 8. The lowest BCUT2D eigenvalue weighted by molar-refractivity contribution is -0.219. The van der Waals surface area contributed by atoms with E-state index in [0.717, 1.165) is 30.6 Å². The van der Waals surface area contributed by atoms with Gasteiger partial charge in [0, 0.05) is 89.5 Å². The summed E-state index contributed by atoms with van der Waals surface area (Å²) in [5.41, 5.74) is -1.62. The number of hydrogen-bond acceptors (Lipinski definition) is 13. The first-order valence-electron chi connectivity index (χ1n) is 38.8. The maximum absolute atomic E-state index is 15.9. The van der Waals surface area contributed by atoms with Gasteiger partial charge in [0.15, 0.2) is 0 Å². The molecule has 106 heavy (non-hydrogen) atoms. The van der Waals surface area contributed by atoms with Crippen LogP contribution in [0.1, 0.15) is 182 Å². The van der Waals surface area contributed by atoms with E-state index in [0.29, 0.717) is 70.1 Å². The summed E-state index contributed by atoms with van der Waals surface area (Å²) in [6.45, 7) is 6.12. The van der Waals surface area contributed by atoms with Crippen molar-refractivity contribution in [2.45, 2.75) is 260 Å². The van der Waals surface area contributed by atoms with Crippen molar-refractivity contribution < 1.29 is 84.2 Å². The van der Waals surface area contributed by atoms with Gasteiger partial charge in [-0.1, -0.05) is 90.7 Å². The Kier molecular flexibility index (Phi) is 29.1. The zero-order valence-electron chi connectivity index (χ0n) is 64.7. The highest BCUT2D eigenvalue weighted by Crippen LogP contribution is 2.46. The van der Waals surface area contributed by atoms with Crippen molar-refractivity contribution in [2.75, 3.05) is 96.2 Å². The van der Waals surface area contributed by atoms with Gasteiger partial charge in [0.2, 0.25) is 70.9 Å². The van der Waals surface area contributed by atoms with Gasteiger partial charge in [-0.2, -0.15) is 13.2 Å². The molecular weight excluding hydrogens is 1380 g/mol. The fraction of sp³-hybridized carbons (Fsp3) is 0.816. The number of ether oxygens (including phenoxy) is 1. The summed E-state index contributed by atoms with van der Waals surface area (Å²) in [4.78, 5) is 195. The van der Waals surface area contributed by atoms with Crippen LogP contribution in [0.4, 0.5) is 22.0 Å². The zero-order valence-corrected chi connectivity index (χ0v) is 64.7. The molecule has 7 fully saturated rings. The molecule has 0 aromatic heterocycles. The van der Waals surface area contributed by atoms with Gasteiger partial charge in [0.1, 0.15) is 72.1 Å². The minimum absolute atomic E-state index is 0.0197. The summed E-state index contributed by atoms with van der Waals surface area (Å²) in [6.07, 6.45) is -1.50. The number of carbonyl (C=O) groups is 12. The number of halogens is 5. The second kappa shape index (κ2) is 36.5. The lowest BCUT2D eigenvalue weighted by Gasteiger charge is -2.45. The second-order valence-electron chi connectivity index (χ2n) is 32.4. The molecule has 2 unspecified atom stereocenters. The van der Waals surface area contributed by atoms with E-state index in [-0.39, 0.29) is 76.5 Å². The van der Waals surface area contributed by atoms with Crippen molar-refractivity contribution in [3.05, 3.63) is 12.2 Å². The van der Waals surface area contributed by atoms with E-state index in [1.807, 2.05) is 13.0 Å². The molecule has 596 valence electrons. The van der Waals surface area contributed by atoms with Crippen LogP contribution in [-0.2, 0) is 62.3 Å². The van der Waals surface area contributed by atoms with Gasteiger partial charge >= 0.3 is 6.18 Å². The van der Waals surface area contributed by atoms with Crippen molar-refractivity contribution in [2.24, 2.45) is 41.4 Å². The summed E-state index contributed by atoms with van der Waals surface area (Å²) in [6, 6.07) is -10.4. The number of amides is 12. The van der Waals surface area contributed by atoms with E-state index < -0.39 is 205 Å². The molecule has 25 nitrogen and oxygen atoms in total. The molecular formula is C76H119F5N12O13. The highest BCUT2D eigenvalue weighted by Gasteiger charge is 2.57. The summed E-state index contributed by atoms with van der Waals surface area (Å²) >= 11 is 0. The Bertz CT molecular complexity index is 3180. The average Bonchev–Trinajstić information content (AvgIpc) is 1.52. The largest absolute Gasteiger partial charge is 0.397 e. The topological polar surface area (TPSA) is 271 Å². The third-order valence-electron chi connectivity index (χ3n) is 24.8. The van der Waals surface area contributed by atoms with E-state index in [2.05, 4.69) is 17.6 Å². The van der Waals surface area contributed by atoms with Crippen molar-refractivity contribution >= 4 is 70.9 Å². The molecule has 12 atom stereocenters. The molecule has 0 radical (unpaired) electrons. The Morgan fingerprint density at radius 3 is 1.84 bits per heavy atom. The second-order valence-corrected chi connectivity index (χ2v) is 32.4. The minimum Gasteiger partial charge on any atom is -0.377 e. The van der Waals surface area contributed by atoms with Crippen LogP contribution in [0.3, 0.4) is 0 Å². The van der Waals surface area contributed by atoms with E-state index in [4.69, 9.17) is 4.74 Å². The Morgan fingerprint density at radius 1 is 0.642 bits per heavy atom. The van der Waals surface area contributed by atoms with Gasteiger partial charge in [0.05, 0.1) is 25.6 Å². The van der Waals surface area contributed by atoms with Crippen LogP contribution in [0.25, 0.3) is 0 Å². The molecule has 5 aliphatic carbocycles. The number of alkyl halides is 5. The number of nitrogens with zero attached hydrogens (tertiary/aromatic N) is 10. The van der Waals surface area contributed by atoms with Crippen molar-refractivity contribution in [3.63, 3.8) is 0 Å². The van der Waals surface area contributed by atoms with Crippen molar-refractivity contribution in [1.29, 1.82) is 0 Å². The maximum atomic E-state index is 15.9. The highest BCUT2D eigenvalue weighted by atomic mass is 19.4. The highest BCUT2D eigenvalue weighted by molar-refractivity contribution is 6.01. The summed E-state index contributed by atoms with van der Waals surface area (Å²) in [5, 5.41) is 5.67. The molecule has 2 N–H and O–H groups in total. The molecule has 5 saturated carbocycles. The van der Waals surface area contributed by atoms with Crippen LogP contribution < -0.4 is 10.6 Å². The SMILES string of the molecule is CCO[C@@H]1C[C@H]2C(=O)N(C)C3(CCCC3)C(=O)N(C)[C@@H](C3CCCC3)C(=O)N(C)[C@H](C(=O)N(C)C)CC(=O)N(C)[C@@H](C3CC3)C(=O)N[C@@H]([C@@H](C)CC)C(=O)N(C)CC(=O)N(C)[C@H]3C/C=C\CCN(C3=O)[C@@H](CC3CCC(C)CC3)C(=O)N(C)CC(=O)N[C@@H](CCC3CC(F)C(C(F)(F)F)C(F)C3)C(=O)N2C1. The Morgan fingerprint density at radius 2 is 1.25 bits per heavy atom. The predicted octanol–water partition coefficient (Wildman–Crippen LogP) is 5.90. The number of nitrogens with one attached hydrogen (secondary N) is 2. The van der Waals surface area contributed by atoms with Gasteiger partial charge < -0.3 is 64.4 Å². The Balaban J connectivity index is 1.21. The summed E-state index contributed by atoms with van der Waals surface area (Å²) < 4.78 is 79.2. The fourth-order valence-corrected chi connectivity index (χ4v) is 17.9. The van der Waals surface area contributed by atoms with E-state index in [9.17, 15) is 41.9 Å². The van der Waals surface area contributed by atoms with Crippen LogP contribution in [-0.4, -0.2) is 295 Å². The molecule has 3 aliphatic heterocycles. The molecule has 0 aromatic rings. The average molecular weight is 1500 g/mol. The molecule has 3 heterocycles. The molecule has 1 spiro atoms. The van der Waals surface area contributed by atoms with E-state index in [1.165, 1.54) is 108 Å². The molecule has 8 aliphatic rings. The number of hydrogen-bond donors (Lipinski definition) is 2. The fourth-order valence-electron chi connectivity index (χ4n) is 17.9. The quantitative estimate of drug-likeness (QED) is 0.170. The third-order valence-corrected chi connectivity index (χ3v) is 24.8. The molecule has 0 aromatic carbocycles. The normalized spacial score (nSPS) is 33.1. The molecule has 8 rings (SSSR count). The number of carbonyl (C=O) groups excluding carboxylic acids is 12. The van der Waals surface area contributed by atoms with Crippen LogP contribution in [0.2, 0.25) is 0 Å². The van der Waals surface area contributed by atoms with Gasteiger partial charge in [0.25, 0.3) is 0 Å². The first-order valence-corrected chi connectivity index (χ1v) is 38.8. The van der Waals surface area contributed by atoms with Gasteiger partial charge in [-0.15, -0.1) is 0 Å². The Hall–Kier alpha value is -7.01. The minimum atomic E-state index is -5.17. The lowest BCUT2D eigenvalue weighted by atomic mass is 9.76. The van der Waals surface area contributed by atoms with E-state index in [1.54, 1.807) is 19.9 Å². The van der Waals surface area contributed by atoms with Crippen LogP contribution in [0.15, 0.2) is 12.2 Å². The smallest absolute Gasteiger partial charge is 0.377 e. The van der Waals surface area contributed by atoms with Crippen LogP contribution >= 0.6 is 0 Å². The van der Waals surface area contributed by atoms with E-state index >= 15 is 37.5 Å². The van der Waals surface area contributed by atoms with Crippen molar-refractivity contribution in [3.8, 4) is 0 Å². The lowest BCUT2D eigenvalue weighted by Crippen LogP contribution is -2.65. The maximum Gasteiger partial charge on any atom is 0.397 e. The third kappa shape index (κ3) is 19.5. The van der Waals surface area contributed by atoms with Crippen LogP contribution in [0, 0.1) is 41.4 Å². The first-order chi connectivity index (χ1) is 50.0.